The van der Waals surface area contributed by atoms with E-state index in [9.17, 15) is 5.11 Å². The van der Waals surface area contributed by atoms with Crippen molar-refractivity contribution in [2.45, 2.75) is 25.5 Å². The Morgan fingerprint density at radius 1 is 1.44 bits per heavy atom. The molecule has 0 spiro atoms. The molecule has 0 amide bonds. The standard InChI is InChI=1S/C13H19Cl2NOS/c1-9(16-7-13(2,17)8-18-3)11-5-4-10(14)6-12(11)15/h4-6,9,16-17H,7-8H2,1-3H3. The first-order valence-electron chi connectivity index (χ1n) is 5.75. The first-order chi connectivity index (χ1) is 8.35. The van der Waals surface area contributed by atoms with Crippen LogP contribution in [0.2, 0.25) is 10.0 Å². The van der Waals surface area contributed by atoms with Crippen LogP contribution in [0.1, 0.15) is 25.5 Å². The third-order valence-corrected chi connectivity index (χ3v) is 4.15. The third-order valence-electron chi connectivity index (χ3n) is 2.67. The molecule has 0 heterocycles. The van der Waals surface area contributed by atoms with Gasteiger partial charge in [0, 0.05) is 28.4 Å². The van der Waals surface area contributed by atoms with Gasteiger partial charge in [-0.2, -0.15) is 11.8 Å². The molecule has 1 rings (SSSR count). The quantitative estimate of drug-likeness (QED) is 0.839. The number of hydrogen-bond donors (Lipinski definition) is 2. The van der Waals surface area contributed by atoms with Gasteiger partial charge in [0.25, 0.3) is 0 Å². The predicted octanol–water partition coefficient (Wildman–Crippen LogP) is 3.76. The lowest BCUT2D eigenvalue weighted by Gasteiger charge is -2.25. The minimum atomic E-state index is -0.716. The molecular formula is C13H19Cl2NOS. The molecule has 0 aliphatic carbocycles. The van der Waals surface area contributed by atoms with Crippen LogP contribution in [0.3, 0.4) is 0 Å². The fourth-order valence-corrected chi connectivity index (χ4v) is 2.99. The molecule has 2 atom stereocenters. The summed E-state index contributed by atoms with van der Waals surface area (Å²) in [5, 5.41) is 14.7. The van der Waals surface area contributed by atoms with Gasteiger partial charge in [-0.3, -0.25) is 0 Å². The van der Waals surface area contributed by atoms with E-state index in [0.717, 1.165) is 5.56 Å². The van der Waals surface area contributed by atoms with Crippen LogP contribution in [0, 0.1) is 0 Å². The fraction of sp³-hybridized carbons (Fsp3) is 0.538. The summed E-state index contributed by atoms with van der Waals surface area (Å²) in [6, 6.07) is 5.53. The molecular weight excluding hydrogens is 289 g/mol. The number of hydrogen-bond acceptors (Lipinski definition) is 3. The molecule has 1 aromatic rings. The van der Waals surface area contributed by atoms with Gasteiger partial charge in [0.05, 0.1) is 5.60 Å². The third kappa shape index (κ3) is 4.98. The molecule has 2 N–H and O–H groups in total. The van der Waals surface area contributed by atoms with Gasteiger partial charge in [0.2, 0.25) is 0 Å². The SMILES string of the molecule is CSCC(C)(O)CNC(C)c1ccc(Cl)cc1Cl. The zero-order valence-electron chi connectivity index (χ0n) is 10.8. The van der Waals surface area contributed by atoms with Crippen LogP contribution < -0.4 is 5.32 Å². The lowest BCUT2D eigenvalue weighted by Crippen LogP contribution is -2.40. The highest BCUT2D eigenvalue weighted by molar-refractivity contribution is 7.98. The lowest BCUT2D eigenvalue weighted by atomic mass is 10.1. The Morgan fingerprint density at radius 3 is 2.67 bits per heavy atom. The van der Waals surface area contributed by atoms with Crippen LogP contribution in [-0.4, -0.2) is 29.3 Å². The molecule has 0 saturated heterocycles. The molecule has 0 bridgehead atoms. The Labute approximate surface area is 123 Å². The topological polar surface area (TPSA) is 32.3 Å². The van der Waals surface area contributed by atoms with E-state index in [1.807, 2.05) is 32.2 Å². The van der Waals surface area contributed by atoms with E-state index in [4.69, 9.17) is 23.2 Å². The maximum absolute atomic E-state index is 10.1. The van der Waals surface area contributed by atoms with Crippen LogP contribution in [0.15, 0.2) is 18.2 Å². The van der Waals surface area contributed by atoms with E-state index in [-0.39, 0.29) is 6.04 Å². The largest absolute Gasteiger partial charge is 0.388 e. The molecule has 0 radical (unpaired) electrons. The summed E-state index contributed by atoms with van der Waals surface area (Å²) in [7, 11) is 0. The van der Waals surface area contributed by atoms with E-state index >= 15 is 0 Å². The van der Waals surface area contributed by atoms with E-state index in [2.05, 4.69) is 5.32 Å². The first kappa shape index (κ1) is 16.1. The second-order valence-corrected chi connectivity index (χ2v) is 6.41. The van der Waals surface area contributed by atoms with Gasteiger partial charge in [0.15, 0.2) is 0 Å². The minimum absolute atomic E-state index is 0.0723. The normalized spacial score (nSPS) is 16.3. The maximum atomic E-state index is 10.1. The summed E-state index contributed by atoms with van der Waals surface area (Å²) in [5.41, 5.74) is 0.271. The highest BCUT2D eigenvalue weighted by Gasteiger charge is 2.21. The second-order valence-electron chi connectivity index (χ2n) is 4.70. The van der Waals surface area contributed by atoms with Gasteiger partial charge in [-0.05, 0) is 37.8 Å². The van der Waals surface area contributed by atoms with Crippen molar-refractivity contribution in [1.82, 2.24) is 5.32 Å². The van der Waals surface area contributed by atoms with Crippen molar-refractivity contribution < 1.29 is 5.11 Å². The molecule has 18 heavy (non-hydrogen) atoms. The highest BCUT2D eigenvalue weighted by atomic mass is 35.5. The van der Waals surface area contributed by atoms with E-state index < -0.39 is 5.60 Å². The smallest absolute Gasteiger partial charge is 0.0833 e. The summed E-state index contributed by atoms with van der Waals surface area (Å²) in [6.07, 6.45) is 1.98. The van der Waals surface area contributed by atoms with Crippen molar-refractivity contribution >= 4 is 35.0 Å². The Bertz CT molecular complexity index is 399. The van der Waals surface area contributed by atoms with Gasteiger partial charge in [0.1, 0.15) is 0 Å². The zero-order chi connectivity index (χ0) is 13.8. The summed E-state index contributed by atoms with van der Waals surface area (Å²) >= 11 is 13.6. The summed E-state index contributed by atoms with van der Waals surface area (Å²) in [4.78, 5) is 0. The van der Waals surface area contributed by atoms with Crippen LogP contribution in [-0.2, 0) is 0 Å². The van der Waals surface area contributed by atoms with E-state index in [0.29, 0.717) is 22.3 Å². The Balaban J connectivity index is 2.63. The maximum Gasteiger partial charge on any atom is 0.0833 e. The number of rotatable bonds is 6. The summed E-state index contributed by atoms with van der Waals surface area (Å²) < 4.78 is 0. The molecule has 5 heteroatoms. The first-order valence-corrected chi connectivity index (χ1v) is 7.90. The predicted molar refractivity (Wildman–Crippen MR) is 81.9 cm³/mol. The molecule has 0 aliphatic heterocycles. The number of aliphatic hydroxyl groups is 1. The summed E-state index contributed by atoms with van der Waals surface area (Å²) in [6.45, 7) is 4.37. The van der Waals surface area contributed by atoms with Crippen LogP contribution in [0.5, 0.6) is 0 Å². The molecule has 0 saturated carbocycles. The average Bonchev–Trinajstić information content (AvgIpc) is 2.26. The van der Waals surface area contributed by atoms with Crippen molar-refractivity contribution in [2.24, 2.45) is 0 Å². The number of nitrogens with one attached hydrogen (secondary N) is 1. The number of benzene rings is 1. The van der Waals surface area contributed by atoms with E-state index in [1.54, 1.807) is 17.8 Å². The summed E-state index contributed by atoms with van der Waals surface area (Å²) in [5.74, 6) is 0.696. The van der Waals surface area contributed by atoms with Gasteiger partial charge in [-0.1, -0.05) is 29.3 Å². The monoisotopic (exact) mass is 307 g/mol. The average molecular weight is 308 g/mol. The zero-order valence-corrected chi connectivity index (χ0v) is 13.2. The number of halogens is 2. The fourth-order valence-electron chi connectivity index (χ4n) is 1.70. The molecule has 102 valence electrons. The second kappa shape index (κ2) is 7.01. The van der Waals surface area contributed by atoms with Crippen LogP contribution >= 0.6 is 35.0 Å². The Kier molecular flexibility index (Phi) is 6.28. The van der Waals surface area contributed by atoms with Crippen LogP contribution in [0.4, 0.5) is 0 Å². The van der Waals surface area contributed by atoms with Gasteiger partial charge in [-0.15, -0.1) is 0 Å². The van der Waals surface area contributed by atoms with Gasteiger partial charge in [-0.25, -0.2) is 0 Å². The van der Waals surface area contributed by atoms with Crippen LogP contribution in [0.25, 0.3) is 0 Å². The van der Waals surface area contributed by atoms with Crippen molar-refractivity contribution in [3.63, 3.8) is 0 Å². The minimum Gasteiger partial charge on any atom is -0.388 e. The lowest BCUT2D eigenvalue weighted by molar-refractivity contribution is 0.0821. The number of thioether (sulfide) groups is 1. The molecule has 2 unspecified atom stereocenters. The Hall–Kier alpha value is 0.0700. The van der Waals surface area contributed by atoms with Gasteiger partial charge < -0.3 is 10.4 Å². The molecule has 0 fully saturated rings. The molecule has 0 aromatic heterocycles. The van der Waals surface area contributed by atoms with Gasteiger partial charge >= 0.3 is 0 Å². The van der Waals surface area contributed by atoms with E-state index in [1.165, 1.54) is 0 Å². The Morgan fingerprint density at radius 2 is 2.11 bits per heavy atom. The van der Waals surface area contributed by atoms with Crippen molar-refractivity contribution in [2.75, 3.05) is 18.6 Å². The molecule has 2 nitrogen and oxygen atoms in total. The van der Waals surface area contributed by atoms with Crippen molar-refractivity contribution in [1.29, 1.82) is 0 Å². The molecule has 1 aromatic carbocycles. The van der Waals surface area contributed by atoms with Crippen molar-refractivity contribution in [3.8, 4) is 0 Å². The molecule has 0 aliphatic rings. The highest BCUT2D eigenvalue weighted by Crippen LogP contribution is 2.26. The van der Waals surface area contributed by atoms with Crippen molar-refractivity contribution in [3.05, 3.63) is 33.8 Å².